The van der Waals surface area contributed by atoms with Crippen molar-refractivity contribution in [1.82, 2.24) is 0 Å². The summed E-state index contributed by atoms with van der Waals surface area (Å²) in [6, 6.07) is 22.3. The standard InChI is InChI=1S/C32H36O5.K.H2S/c1-23-6-8-25(9-7-23)24(2)37-22-32(3,20-18-30(33)26-10-14-28(35-4)15-11-26)21-19-31(34)27-12-16-29(36-5)17-13-27;;/h6-17H,2,18-22H2,1,3-5H3;;1H2/q;+1;/p-1. The summed E-state index contributed by atoms with van der Waals surface area (Å²) in [5, 5.41) is 0. The molecule has 7 heteroatoms. The van der Waals surface area contributed by atoms with E-state index in [2.05, 4.69) is 13.5 Å². The third kappa shape index (κ3) is 10.9. The normalized spacial score (nSPS) is 10.5. The van der Waals surface area contributed by atoms with Gasteiger partial charge >= 0.3 is 51.4 Å². The Morgan fingerprint density at radius 2 is 1.10 bits per heavy atom. The summed E-state index contributed by atoms with van der Waals surface area (Å²) in [4.78, 5) is 25.8. The van der Waals surface area contributed by atoms with Crippen molar-refractivity contribution >= 4 is 30.8 Å². The van der Waals surface area contributed by atoms with Crippen molar-refractivity contribution in [2.24, 2.45) is 5.41 Å². The van der Waals surface area contributed by atoms with Crippen LogP contribution in [-0.2, 0) is 18.2 Å². The first-order valence-electron chi connectivity index (χ1n) is 12.5. The second-order valence-corrected chi connectivity index (χ2v) is 9.69. The molecule has 0 atom stereocenters. The summed E-state index contributed by atoms with van der Waals surface area (Å²) >= 11 is 0. The van der Waals surface area contributed by atoms with Crippen LogP contribution in [0.3, 0.4) is 0 Å². The Kier molecular flexibility index (Phi) is 15.4. The summed E-state index contributed by atoms with van der Waals surface area (Å²) in [7, 11) is 3.19. The number of Topliss-reactive ketones (excluding diaryl/α,β-unsaturated/α-hetero) is 2. The third-order valence-electron chi connectivity index (χ3n) is 6.70. The van der Waals surface area contributed by atoms with Crippen LogP contribution in [-0.4, -0.2) is 32.4 Å². The van der Waals surface area contributed by atoms with Crippen LogP contribution in [0.2, 0.25) is 0 Å². The predicted octanol–water partition coefficient (Wildman–Crippen LogP) is 4.07. The molecule has 0 aliphatic carbocycles. The molecule has 0 N–H and O–H groups in total. The van der Waals surface area contributed by atoms with E-state index in [-0.39, 0.29) is 76.4 Å². The van der Waals surface area contributed by atoms with Gasteiger partial charge < -0.3 is 27.7 Å². The molecule has 3 rings (SSSR count). The van der Waals surface area contributed by atoms with Gasteiger partial charge in [-0.1, -0.05) is 43.3 Å². The number of carbonyl (C=O) groups is 2. The summed E-state index contributed by atoms with van der Waals surface area (Å²) < 4.78 is 16.5. The minimum absolute atomic E-state index is 0. The molecule has 3 aromatic rings. The molecular weight excluding hydrogens is 536 g/mol. The van der Waals surface area contributed by atoms with Crippen molar-refractivity contribution < 1.29 is 75.2 Å². The van der Waals surface area contributed by atoms with Crippen LogP contribution in [0.4, 0.5) is 0 Å². The monoisotopic (exact) mass is 572 g/mol. The third-order valence-corrected chi connectivity index (χ3v) is 6.70. The van der Waals surface area contributed by atoms with E-state index in [1.54, 1.807) is 62.8 Å². The molecule has 0 radical (unpaired) electrons. The van der Waals surface area contributed by atoms with Gasteiger partial charge in [0.05, 0.1) is 20.8 Å². The Labute approximate surface area is 282 Å². The molecule has 0 saturated carbocycles. The molecule has 39 heavy (non-hydrogen) atoms. The van der Waals surface area contributed by atoms with Gasteiger partial charge in [-0.25, -0.2) is 0 Å². The molecule has 0 amide bonds. The molecule has 0 unspecified atom stereocenters. The van der Waals surface area contributed by atoms with Crippen molar-refractivity contribution in [3.05, 3.63) is 102 Å². The summed E-state index contributed by atoms with van der Waals surface area (Å²) in [6.45, 7) is 8.55. The van der Waals surface area contributed by atoms with Gasteiger partial charge in [-0.05, 0) is 68.3 Å². The van der Waals surface area contributed by atoms with Crippen molar-refractivity contribution in [1.29, 1.82) is 0 Å². The van der Waals surface area contributed by atoms with Crippen LogP contribution in [0, 0.1) is 12.3 Å². The molecule has 3 aromatic carbocycles. The number of carbonyl (C=O) groups excluding carboxylic acids is 2. The van der Waals surface area contributed by atoms with E-state index < -0.39 is 5.41 Å². The van der Waals surface area contributed by atoms with Crippen LogP contribution >= 0.6 is 0 Å². The average Bonchev–Trinajstić information content (AvgIpc) is 2.94. The van der Waals surface area contributed by atoms with Gasteiger partial charge in [0, 0.05) is 34.9 Å². The fraction of sp³-hybridized carbons (Fsp3) is 0.312. The van der Waals surface area contributed by atoms with Gasteiger partial charge in [-0.2, -0.15) is 0 Å². The van der Waals surface area contributed by atoms with Gasteiger partial charge in [0.25, 0.3) is 0 Å². The molecule has 0 aliphatic heterocycles. The van der Waals surface area contributed by atoms with Crippen molar-refractivity contribution in [2.75, 3.05) is 20.8 Å². The Morgan fingerprint density at radius 1 is 0.718 bits per heavy atom. The number of methoxy groups -OCH3 is 2. The number of thiol groups is 1. The average molecular weight is 573 g/mol. The van der Waals surface area contributed by atoms with E-state index in [0.717, 1.165) is 11.1 Å². The number of aryl methyl sites for hydroxylation is 1. The molecule has 0 heterocycles. The number of benzene rings is 3. The smallest absolute Gasteiger partial charge is 0.813 e. The SMILES string of the molecule is C=C(OCC(C)(CCC(=O)c1ccc(OC)cc1)CCC(=O)c1ccc(OC)cc1)c1ccc(C)cc1.[K+].[SH-]. The summed E-state index contributed by atoms with van der Waals surface area (Å²) in [6.07, 6.45) is 1.85. The zero-order valence-corrected chi connectivity index (χ0v) is 27.7. The first-order chi connectivity index (χ1) is 17.7. The minimum Gasteiger partial charge on any atom is -0.813 e. The van der Waals surface area contributed by atoms with Crippen LogP contribution in [0.5, 0.6) is 11.5 Å². The Bertz CT molecular complexity index is 1140. The van der Waals surface area contributed by atoms with E-state index in [9.17, 15) is 9.59 Å². The maximum absolute atomic E-state index is 12.9. The van der Waals surface area contributed by atoms with Crippen LogP contribution in [0.15, 0.2) is 79.4 Å². The molecule has 0 spiro atoms. The molecule has 5 nitrogen and oxygen atoms in total. The van der Waals surface area contributed by atoms with Gasteiger partial charge in [-0.15, -0.1) is 0 Å². The van der Waals surface area contributed by atoms with E-state index >= 15 is 0 Å². The molecule has 0 aromatic heterocycles. The zero-order chi connectivity index (χ0) is 26.8. The second kappa shape index (κ2) is 17.1. The zero-order valence-electron chi connectivity index (χ0n) is 23.7. The maximum atomic E-state index is 12.9. The Morgan fingerprint density at radius 3 is 1.49 bits per heavy atom. The number of ether oxygens (including phenoxy) is 3. The number of rotatable bonds is 14. The van der Waals surface area contributed by atoms with Crippen molar-refractivity contribution in [3.63, 3.8) is 0 Å². The number of ketones is 2. The fourth-order valence-corrected chi connectivity index (χ4v) is 4.03. The summed E-state index contributed by atoms with van der Waals surface area (Å²) in [5.74, 6) is 2.09. The first kappa shape index (κ1) is 35.2. The molecular formula is C32H37KO5S. The van der Waals surface area contributed by atoms with Crippen LogP contribution in [0.25, 0.3) is 5.76 Å². The van der Waals surface area contributed by atoms with Gasteiger partial charge in [-0.3, -0.25) is 9.59 Å². The molecule has 0 saturated heterocycles. The van der Waals surface area contributed by atoms with Gasteiger partial charge in [0.2, 0.25) is 0 Å². The van der Waals surface area contributed by atoms with E-state index in [0.29, 0.717) is 60.7 Å². The maximum Gasteiger partial charge on any atom is 1.00 e. The molecule has 0 bridgehead atoms. The van der Waals surface area contributed by atoms with Crippen LogP contribution < -0.4 is 60.9 Å². The number of hydrogen-bond acceptors (Lipinski definition) is 6. The molecule has 0 fully saturated rings. The van der Waals surface area contributed by atoms with E-state index in [1.165, 1.54) is 0 Å². The number of hydrogen-bond donors (Lipinski definition) is 0. The van der Waals surface area contributed by atoms with Gasteiger partial charge in [0.15, 0.2) is 11.6 Å². The summed E-state index contributed by atoms with van der Waals surface area (Å²) in [5.41, 5.74) is 2.95. The van der Waals surface area contributed by atoms with Crippen molar-refractivity contribution in [3.8, 4) is 11.5 Å². The topological polar surface area (TPSA) is 61.8 Å². The van der Waals surface area contributed by atoms with Crippen molar-refractivity contribution in [2.45, 2.75) is 39.5 Å². The largest absolute Gasteiger partial charge is 1.00 e. The van der Waals surface area contributed by atoms with E-state index in [4.69, 9.17) is 14.2 Å². The predicted molar refractivity (Wildman–Crippen MR) is 156 cm³/mol. The minimum atomic E-state index is -0.405. The second-order valence-electron chi connectivity index (χ2n) is 9.69. The Balaban J connectivity index is 0.00000380. The van der Waals surface area contributed by atoms with Gasteiger partial charge in [0.1, 0.15) is 17.3 Å². The Hall–Kier alpha value is -1.87. The quantitative estimate of drug-likeness (QED) is 0.0955. The van der Waals surface area contributed by atoms with E-state index in [1.807, 2.05) is 31.2 Å². The first-order valence-corrected chi connectivity index (χ1v) is 12.5. The fourth-order valence-electron chi connectivity index (χ4n) is 4.03. The molecule has 0 aliphatic rings. The molecule has 202 valence electrons. The van der Waals surface area contributed by atoms with Crippen LogP contribution in [0.1, 0.15) is 64.4 Å².